The third kappa shape index (κ3) is 4.40. The van der Waals surface area contributed by atoms with Crippen LogP contribution >= 0.6 is 0 Å². The van der Waals surface area contributed by atoms with Crippen LogP contribution < -0.4 is 5.32 Å². The van der Waals surface area contributed by atoms with Crippen molar-refractivity contribution in [2.75, 3.05) is 11.1 Å². The summed E-state index contributed by atoms with van der Waals surface area (Å²) < 4.78 is 12.3. The molecule has 3 unspecified atom stereocenters. The predicted octanol–water partition coefficient (Wildman–Crippen LogP) is 2.82. The number of hydrogen-bond acceptors (Lipinski definition) is 3. The van der Waals surface area contributed by atoms with Gasteiger partial charge in [0.25, 0.3) is 0 Å². The van der Waals surface area contributed by atoms with Crippen molar-refractivity contribution in [2.45, 2.75) is 37.9 Å². The third-order valence-electron chi connectivity index (χ3n) is 3.86. The van der Waals surface area contributed by atoms with Crippen LogP contribution in [0.1, 0.15) is 38.2 Å². The minimum absolute atomic E-state index is 0.0111. The van der Waals surface area contributed by atoms with Crippen LogP contribution in [0.5, 0.6) is 0 Å². The van der Waals surface area contributed by atoms with Crippen LogP contribution in [0.3, 0.4) is 0 Å². The Kier molecular flexibility index (Phi) is 5.51. The maximum absolute atomic E-state index is 12.3. The molecule has 0 heterocycles. The van der Waals surface area contributed by atoms with Gasteiger partial charge in [0.15, 0.2) is 0 Å². The van der Waals surface area contributed by atoms with E-state index >= 15 is 0 Å². The van der Waals surface area contributed by atoms with E-state index in [9.17, 15) is 9.00 Å². The van der Waals surface area contributed by atoms with Crippen molar-refractivity contribution >= 4 is 22.4 Å². The van der Waals surface area contributed by atoms with Crippen LogP contribution in [0.2, 0.25) is 0 Å². The predicted molar refractivity (Wildman–Crippen MR) is 84.2 cm³/mol. The van der Waals surface area contributed by atoms with Gasteiger partial charge in [0.1, 0.15) is 11.8 Å². The Balaban J connectivity index is 1.92. The van der Waals surface area contributed by atoms with E-state index in [0.717, 1.165) is 19.3 Å². The Labute approximate surface area is 128 Å². The van der Waals surface area contributed by atoms with Crippen molar-refractivity contribution in [3.05, 3.63) is 29.8 Å². The molecule has 1 saturated carbocycles. The molecule has 112 valence electrons. The van der Waals surface area contributed by atoms with Gasteiger partial charge in [-0.25, -0.2) is 0 Å². The summed E-state index contributed by atoms with van der Waals surface area (Å²) >= 11 is 0. The van der Waals surface area contributed by atoms with E-state index in [1.54, 1.807) is 24.3 Å². The van der Waals surface area contributed by atoms with Gasteiger partial charge < -0.3 is 5.32 Å². The number of nitrogens with one attached hydrogen (secondary N) is 1. The standard InChI is InChI=1S/C16H20N2O2S/c1-12-5-4-7-14(9-12)21(20)11-16(19)18-15-8-3-2-6-13(15)10-17/h2-3,6,8,12,14H,4-5,7,9,11H2,1H3,(H,18,19). The van der Waals surface area contributed by atoms with Gasteiger partial charge in [0.2, 0.25) is 5.91 Å². The Morgan fingerprint density at radius 3 is 2.90 bits per heavy atom. The molecule has 1 aromatic rings. The highest BCUT2D eigenvalue weighted by Crippen LogP contribution is 2.27. The molecular formula is C16H20N2O2S. The zero-order chi connectivity index (χ0) is 15.2. The van der Waals surface area contributed by atoms with Crippen molar-refractivity contribution in [1.82, 2.24) is 0 Å². The maximum atomic E-state index is 12.3. The zero-order valence-corrected chi connectivity index (χ0v) is 13.0. The lowest BCUT2D eigenvalue weighted by molar-refractivity contribution is -0.113. The number of anilines is 1. The highest BCUT2D eigenvalue weighted by atomic mass is 32.2. The minimum atomic E-state index is -1.13. The Bertz CT molecular complexity index is 580. The molecule has 2 rings (SSSR count). The van der Waals surface area contributed by atoms with Crippen molar-refractivity contribution in [3.8, 4) is 6.07 Å². The summed E-state index contributed by atoms with van der Waals surface area (Å²) in [6.07, 6.45) is 4.17. The molecule has 1 fully saturated rings. The second-order valence-corrected chi connectivity index (χ2v) is 7.34. The zero-order valence-electron chi connectivity index (χ0n) is 12.2. The van der Waals surface area contributed by atoms with E-state index in [1.807, 2.05) is 6.07 Å². The summed E-state index contributed by atoms with van der Waals surface area (Å²) in [6.45, 7) is 2.17. The van der Waals surface area contributed by atoms with Crippen LogP contribution in [0.4, 0.5) is 5.69 Å². The molecule has 1 N–H and O–H groups in total. The van der Waals surface area contributed by atoms with E-state index < -0.39 is 10.8 Å². The lowest BCUT2D eigenvalue weighted by atomic mass is 9.91. The number of benzene rings is 1. The van der Waals surface area contributed by atoms with Crippen LogP contribution in [-0.4, -0.2) is 21.1 Å². The molecule has 5 heteroatoms. The summed E-state index contributed by atoms with van der Waals surface area (Å²) in [5.74, 6) is 0.321. The van der Waals surface area contributed by atoms with E-state index in [-0.39, 0.29) is 16.9 Å². The molecule has 1 aliphatic rings. The molecule has 0 bridgehead atoms. The maximum Gasteiger partial charge on any atom is 0.237 e. The van der Waals surface area contributed by atoms with E-state index in [2.05, 4.69) is 12.2 Å². The first-order chi connectivity index (χ1) is 10.1. The fraction of sp³-hybridized carbons (Fsp3) is 0.500. The molecule has 3 atom stereocenters. The molecule has 1 amide bonds. The van der Waals surface area contributed by atoms with Gasteiger partial charge >= 0.3 is 0 Å². The van der Waals surface area contributed by atoms with Crippen molar-refractivity contribution < 1.29 is 9.00 Å². The number of carbonyl (C=O) groups excluding carboxylic acids is 1. The van der Waals surface area contributed by atoms with Crippen LogP contribution in [0.15, 0.2) is 24.3 Å². The van der Waals surface area contributed by atoms with E-state index in [4.69, 9.17) is 5.26 Å². The first-order valence-electron chi connectivity index (χ1n) is 7.26. The second-order valence-electron chi connectivity index (χ2n) is 5.62. The molecular weight excluding hydrogens is 284 g/mol. The minimum Gasteiger partial charge on any atom is -0.324 e. The highest BCUT2D eigenvalue weighted by Gasteiger charge is 2.25. The Morgan fingerprint density at radius 1 is 1.43 bits per heavy atom. The summed E-state index contributed by atoms with van der Waals surface area (Å²) in [5, 5.41) is 11.8. The van der Waals surface area contributed by atoms with Crippen LogP contribution in [0.25, 0.3) is 0 Å². The third-order valence-corrected chi connectivity index (χ3v) is 5.57. The van der Waals surface area contributed by atoms with Crippen molar-refractivity contribution in [1.29, 1.82) is 5.26 Å². The topological polar surface area (TPSA) is 70.0 Å². The number of nitriles is 1. The molecule has 4 nitrogen and oxygen atoms in total. The van der Waals surface area contributed by atoms with Crippen LogP contribution in [-0.2, 0) is 15.6 Å². The largest absolute Gasteiger partial charge is 0.324 e. The molecule has 0 aromatic heterocycles. The quantitative estimate of drug-likeness (QED) is 0.930. The number of rotatable bonds is 4. The van der Waals surface area contributed by atoms with Gasteiger partial charge in [-0.2, -0.15) is 5.26 Å². The Hall–Kier alpha value is -1.67. The number of amides is 1. The van der Waals surface area contributed by atoms with Gasteiger partial charge in [0.05, 0.1) is 11.3 Å². The number of hydrogen-bond donors (Lipinski definition) is 1. The van der Waals surface area contributed by atoms with Gasteiger partial charge in [-0.05, 0) is 30.9 Å². The lowest BCUT2D eigenvalue weighted by Crippen LogP contribution is -2.29. The molecule has 21 heavy (non-hydrogen) atoms. The second kappa shape index (κ2) is 7.37. The van der Waals surface area contributed by atoms with Crippen molar-refractivity contribution in [3.63, 3.8) is 0 Å². The molecule has 1 aromatic carbocycles. The molecule has 0 spiro atoms. The fourth-order valence-corrected chi connectivity index (χ4v) is 4.28. The summed E-state index contributed by atoms with van der Waals surface area (Å²) in [7, 11) is -1.13. The molecule has 0 aliphatic heterocycles. The van der Waals surface area contributed by atoms with Gasteiger partial charge in [-0.15, -0.1) is 0 Å². The Morgan fingerprint density at radius 2 is 2.19 bits per heavy atom. The molecule has 0 radical (unpaired) electrons. The average Bonchev–Trinajstić information content (AvgIpc) is 2.47. The normalized spacial score (nSPS) is 23.0. The molecule has 1 aliphatic carbocycles. The van der Waals surface area contributed by atoms with E-state index in [1.165, 1.54) is 6.42 Å². The summed E-state index contributed by atoms with van der Waals surface area (Å²) in [4.78, 5) is 12.0. The number of para-hydroxylation sites is 1. The van der Waals surface area contributed by atoms with Crippen LogP contribution in [0, 0.1) is 17.2 Å². The van der Waals surface area contributed by atoms with Gasteiger partial charge in [0, 0.05) is 16.0 Å². The lowest BCUT2D eigenvalue weighted by Gasteiger charge is -2.25. The molecule has 0 saturated heterocycles. The summed E-state index contributed by atoms with van der Waals surface area (Å²) in [6, 6.07) is 8.87. The van der Waals surface area contributed by atoms with Gasteiger partial charge in [-0.3, -0.25) is 9.00 Å². The van der Waals surface area contributed by atoms with Gasteiger partial charge in [-0.1, -0.05) is 31.9 Å². The number of nitrogens with zero attached hydrogens (tertiary/aromatic N) is 1. The van der Waals surface area contributed by atoms with E-state index in [0.29, 0.717) is 17.2 Å². The average molecular weight is 304 g/mol. The number of carbonyl (C=O) groups is 1. The SMILES string of the molecule is CC1CCCC(S(=O)CC(=O)Nc2ccccc2C#N)C1. The first kappa shape index (κ1) is 15.7. The first-order valence-corrected chi connectivity index (χ1v) is 8.64. The highest BCUT2D eigenvalue weighted by molar-refractivity contribution is 7.86. The summed E-state index contributed by atoms with van der Waals surface area (Å²) in [5.41, 5.74) is 0.905. The monoisotopic (exact) mass is 304 g/mol. The van der Waals surface area contributed by atoms with Crippen molar-refractivity contribution in [2.24, 2.45) is 5.92 Å². The smallest absolute Gasteiger partial charge is 0.237 e. The fourth-order valence-electron chi connectivity index (χ4n) is 2.74.